The van der Waals surface area contributed by atoms with Gasteiger partial charge in [0.15, 0.2) is 5.78 Å². The largest absolute Gasteiger partial charge is 0.459 e. The van der Waals surface area contributed by atoms with E-state index >= 15 is 0 Å². The Kier molecular flexibility index (Phi) is 4.23. The van der Waals surface area contributed by atoms with Gasteiger partial charge in [-0.25, -0.2) is 4.79 Å². The van der Waals surface area contributed by atoms with Gasteiger partial charge in [0, 0.05) is 12.0 Å². The predicted molar refractivity (Wildman–Crippen MR) is 61.6 cm³/mol. The molecule has 0 amide bonds. The van der Waals surface area contributed by atoms with Crippen LogP contribution in [0, 0.1) is 0 Å². The highest BCUT2D eigenvalue weighted by Crippen LogP contribution is 2.09. The van der Waals surface area contributed by atoms with Crippen LogP contribution < -0.4 is 0 Å². The van der Waals surface area contributed by atoms with Gasteiger partial charge < -0.3 is 4.74 Å². The average molecular weight is 220 g/mol. The van der Waals surface area contributed by atoms with Crippen LogP contribution in [0.4, 0.5) is 0 Å². The molecule has 1 rings (SSSR count). The first-order valence-electron chi connectivity index (χ1n) is 5.38. The van der Waals surface area contributed by atoms with Gasteiger partial charge in [0.25, 0.3) is 0 Å². The fourth-order valence-corrected chi connectivity index (χ4v) is 1.28. The molecule has 0 spiro atoms. The lowest BCUT2D eigenvalue weighted by molar-refractivity contribution is 0.0377. The Labute approximate surface area is 95.4 Å². The monoisotopic (exact) mass is 220 g/mol. The maximum Gasteiger partial charge on any atom is 0.338 e. The molecule has 0 bridgehead atoms. The van der Waals surface area contributed by atoms with Crippen molar-refractivity contribution in [3.63, 3.8) is 0 Å². The zero-order valence-electron chi connectivity index (χ0n) is 9.82. The van der Waals surface area contributed by atoms with Crippen molar-refractivity contribution in [2.75, 3.05) is 0 Å². The molecule has 1 aromatic carbocycles. The second-order valence-corrected chi connectivity index (χ2v) is 3.81. The van der Waals surface area contributed by atoms with E-state index in [4.69, 9.17) is 4.74 Å². The molecule has 0 N–H and O–H groups in total. The molecular weight excluding hydrogens is 204 g/mol. The Hall–Kier alpha value is -1.64. The molecule has 0 saturated carbocycles. The van der Waals surface area contributed by atoms with Crippen LogP contribution in [-0.4, -0.2) is 17.9 Å². The van der Waals surface area contributed by atoms with Crippen molar-refractivity contribution in [2.24, 2.45) is 0 Å². The number of rotatable bonds is 4. The molecule has 0 aliphatic carbocycles. The van der Waals surface area contributed by atoms with Crippen molar-refractivity contribution in [1.29, 1.82) is 0 Å². The van der Waals surface area contributed by atoms with Gasteiger partial charge >= 0.3 is 5.97 Å². The van der Waals surface area contributed by atoms with Crippen molar-refractivity contribution in [2.45, 2.75) is 33.3 Å². The molecule has 0 heterocycles. The number of carbonyl (C=O) groups is 2. The van der Waals surface area contributed by atoms with Crippen LogP contribution in [-0.2, 0) is 4.74 Å². The van der Waals surface area contributed by atoms with Crippen molar-refractivity contribution in [3.05, 3.63) is 35.4 Å². The molecule has 0 unspecified atom stereocenters. The average Bonchev–Trinajstić information content (AvgIpc) is 2.27. The van der Waals surface area contributed by atoms with Crippen LogP contribution in [0.3, 0.4) is 0 Å². The van der Waals surface area contributed by atoms with Crippen LogP contribution in [0.1, 0.15) is 47.9 Å². The van der Waals surface area contributed by atoms with Crippen molar-refractivity contribution in [3.8, 4) is 0 Å². The highest BCUT2D eigenvalue weighted by atomic mass is 16.5. The summed E-state index contributed by atoms with van der Waals surface area (Å²) in [6.45, 7) is 5.41. The van der Waals surface area contributed by atoms with E-state index in [1.807, 2.05) is 6.92 Å². The molecule has 16 heavy (non-hydrogen) atoms. The molecule has 0 aliphatic heterocycles. The Morgan fingerprint density at radius 1 is 1.12 bits per heavy atom. The molecule has 0 fully saturated rings. The Morgan fingerprint density at radius 2 is 1.62 bits per heavy atom. The summed E-state index contributed by atoms with van der Waals surface area (Å²) in [5.74, 6) is -0.283. The van der Waals surface area contributed by atoms with E-state index in [2.05, 4.69) is 0 Å². The fraction of sp³-hybridized carbons (Fsp3) is 0.385. The maximum absolute atomic E-state index is 11.5. The van der Waals surface area contributed by atoms with Crippen LogP contribution in [0.2, 0.25) is 0 Å². The Balaban J connectivity index is 2.78. The highest BCUT2D eigenvalue weighted by Gasteiger charge is 2.10. The number of esters is 1. The highest BCUT2D eigenvalue weighted by molar-refractivity contribution is 5.97. The van der Waals surface area contributed by atoms with E-state index in [9.17, 15) is 9.59 Å². The molecule has 0 saturated heterocycles. The third-order valence-electron chi connectivity index (χ3n) is 2.11. The van der Waals surface area contributed by atoms with Crippen LogP contribution in [0.15, 0.2) is 24.3 Å². The number of benzene rings is 1. The number of ketones is 1. The first-order chi connectivity index (χ1) is 7.54. The summed E-state index contributed by atoms with van der Waals surface area (Å²) in [5.41, 5.74) is 1.10. The standard InChI is InChI=1S/C13H16O3/c1-4-12(14)10-5-7-11(8-6-10)13(15)16-9(2)3/h5-9H,4H2,1-3H3. The van der Waals surface area contributed by atoms with Crippen molar-refractivity contribution < 1.29 is 14.3 Å². The third kappa shape index (κ3) is 3.19. The second kappa shape index (κ2) is 5.45. The molecule has 86 valence electrons. The van der Waals surface area contributed by atoms with Gasteiger partial charge in [-0.3, -0.25) is 4.79 Å². The molecule has 0 radical (unpaired) electrons. The minimum absolute atomic E-state index is 0.0729. The zero-order chi connectivity index (χ0) is 12.1. The number of carbonyl (C=O) groups excluding carboxylic acids is 2. The second-order valence-electron chi connectivity index (χ2n) is 3.81. The van der Waals surface area contributed by atoms with E-state index < -0.39 is 0 Å². The SMILES string of the molecule is CCC(=O)c1ccc(C(=O)OC(C)C)cc1. The van der Waals surface area contributed by atoms with Gasteiger partial charge in [0.2, 0.25) is 0 Å². The minimum atomic E-state index is -0.356. The smallest absolute Gasteiger partial charge is 0.338 e. The molecule has 0 aliphatic rings. The first-order valence-corrected chi connectivity index (χ1v) is 5.38. The molecule has 3 heteroatoms. The van der Waals surface area contributed by atoms with Gasteiger partial charge in [0.05, 0.1) is 11.7 Å². The van der Waals surface area contributed by atoms with Gasteiger partial charge in [-0.15, -0.1) is 0 Å². The summed E-state index contributed by atoms with van der Waals surface area (Å²) in [6, 6.07) is 6.55. The lowest BCUT2D eigenvalue weighted by Crippen LogP contribution is -2.11. The molecule has 3 nitrogen and oxygen atoms in total. The van der Waals surface area contributed by atoms with Crippen LogP contribution in [0.5, 0.6) is 0 Å². The third-order valence-corrected chi connectivity index (χ3v) is 2.11. The summed E-state index contributed by atoms with van der Waals surface area (Å²) >= 11 is 0. The lowest BCUT2D eigenvalue weighted by Gasteiger charge is -2.07. The van der Waals surface area contributed by atoms with E-state index in [1.165, 1.54) is 0 Å². The molecular formula is C13H16O3. The summed E-state index contributed by atoms with van der Waals surface area (Å²) in [6.07, 6.45) is 0.333. The van der Waals surface area contributed by atoms with Crippen molar-refractivity contribution in [1.82, 2.24) is 0 Å². The minimum Gasteiger partial charge on any atom is -0.459 e. The molecule has 1 aromatic rings. The van der Waals surface area contributed by atoms with E-state index in [1.54, 1.807) is 38.1 Å². The van der Waals surface area contributed by atoms with E-state index in [0.29, 0.717) is 17.5 Å². The normalized spacial score (nSPS) is 10.2. The first kappa shape index (κ1) is 12.4. The Bertz CT molecular complexity index is 377. The van der Waals surface area contributed by atoms with Gasteiger partial charge in [-0.1, -0.05) is 19.1 Å². The van der Waals surface area contributed by atoms with Crippen LogP contribution in [0.25, 0.3) is 0 Å². The maximum atomic E-state index is 11.5. The van der Waals surface area contributed by atoms with E-state index in [-0.39, 0.29) is 17.9 Å². The number of hydrogen-bond donors (Lipinski definition) is 0. The Morgan fingerprint density at radius 3 is 2.06 bits per heavy atom. The van der Waals surface area contributed by atoms with Crippen molar-refractivity contribution >= 4 is 11.8 Å². The summed E-state index contributed by atoms with van der Waals surface area (Å²) in [4.78, 5) is 22.9. The summed E-state index contributed by atoms with van der Waals surface area (Å²) < 4.78 is 5.04. The van der Waals surface area contributed by atoms with Gasteiger partial charge in [-0.05, 0) is 26.0 Å². The predicted octanol–water partition coefficient (Wildman–Crippen LogP) is 2.84. The summed E-state index contributed by atoms with van der Waals surface area (Å²) in [5, 5.41) is 0. The number of hydrogen-bond acceptors (Lipinski definition) is 3. The van der Waals surface area contributed by atoms with E-state index in [0.717, 1.165) is 0 Å². The van der Waals surface area contributed by atoms with Gasteiger partial charge in [-0.2, -0.15) is 0 Å². The number of Topliss-reactive ketones (excluding diaryl/α,β-unsaturated/α-hetero) is 1. The molecule has 0 atom stereocenters. The van der Waals surface area contributed by atoms with Gasteiger partial charge in [0.1, 0.15) is 0 Å². The zero-order valence-corrected chi connectivity index (χ0v) is 9.82. The van der Waals surface area contributed by atoms with Crippen LogP contribution >= 0.6 is 0 Å². The lowest BCUT2D eigenvalue weighted by atomic mass is 10.1. The quantitative estimate of drug-likeness (QED) is 0.579. The summed E-state index contributed by atoms with van der Waals surface area (Å²) in [7, 11) is 0. The fourth-order valence-electron chi connectivity index (χ4n) is 1.28. The number of ether oxygens (including phenoxy) is 1. The molecule has 0 aromatic heterocycles. The topological polar surface area (TPSA) is 43.4 Å².